The van der Waals surface area contributed by atoms with E-state index in [0.29, 0.717) is 58.7 Å². The van der Waals surface area contributed by atoms with Gasteiger partial charge in [0.2, 0.25) is 10.0 Å². The maximum absolute atomic E-state index is 13.5. The zero-order valence-corrected chi connectivity index (χ0v) is 23.2. The van der Waals surface area contributed by atoms with Crippen molar-refractivity contribution in [2.45, 2.75) is 43.4 Å². The van der Waals surface area contributed by atoms with E-state index < -0.39 is 28.7 Å². The fourth-order valence-corrected chi connectivity index (χ4v) is 7.86. The van der Waals surface area contributed by atoms with Crippen molar-refractivity contribution in [3.05, 3.63) is 64.7 Å². The largest absolute Gasteiger partial charge is 0.393 e. The van der Waals surface area contributed by atoms with Crippen molar-refractivity contribution < 1.29 is 21.6 Å². The molecule has 0 amide bonds. The van der Waals surface area contributed by atoms with Crippen molar-refractivity contribution in [3.63, 3.8) is 0 Å². The Morgan fingerprint density at radius 3 is 2.80 bits per heavy atom. The van der Waals surface area contributed by atoms with E-state index >= 15 is 0 Å². The lowest BCUT2D eigenvalue weighted by atomic mass is 10.1. The summed E-state index contributed by atoms with van der Waals surface area (Å²) in [4.78, 5) is 11.0. The van der Waals surface area contributed by atoms with Gasteiger partial charge in [-0.25, -0.2) is 23.1 Å². The second kappa shape index (κ2) is 10.1. The highest BCUT2D eigenvalue weighted by molar-refractivity contribution is 7.89. The summed E-state index contributed by atoms with van der Waals surface area (Å²) in [5.41, 5.74) is 2.54. The minimum atomic E-state index is -4.33. The molecule has 5 aromatic rings. The predicted octanol–water partition coefficient (Wildman–Crippen LogP) is 4.26. The number of aromatic nitrogens is 5. The molecule has 0 radical (unpaired) electrons. The van der Waals surface area contributed by atoms with Crippen LogP contribution >= 0.6 is 11.3 Å². The molecule has 0 spiro atoms. The number of nitrogens with zero attached hydrogens (tertiary/aromatic N) is 6. The van der Waals surface area contributed by atoms with E-state index in [1.54, 1.807) is 37.5 Å². The van der Waals surface area contributed by atoms with Gasteiger partial charge in [0.1, 0.15) is 28.7 Å². The number of anilines is 1. The number of nitrogens with one attached hydrogen (secondary N) is 2. The van der Waals surface area contributed by atoms with Crippen LogP contribution in [0.4, 0.5) is 19.0 Å². The molecule has 5 heterocycles. The third-order valence-corrected chi connectivity index (χ3v) is 9.86. The maximum Gasteiger partial charge on any atom is 0.393 e. The molecule has 2 N–H and O–H groups in total. The maximum atomic E-state index is 13.5. The van der Waals surface area contributed by atoms with E-state index in [-0.39, 0.29) is 9.77 Å². The van der Waals surface area contributed by atoms with Crippen LogP contribution in [0, 0.1) is 18.3 Å². The van der Waals surface area contributed by atoms with Crippen LogP contribution < -0.4 is 9.62 Å². The van der Waals surface area contributed by atoms with Crippen LogP contribution in [0.2, 0.25) is 0 Å². The molecular formula is C26H23F3N8O2S2. The SMILES string of the molecule is Cc1c(S(=O)(=O)NC2CCN(c3ncnc4sc(CC(F)(F)F)cc34)C2)ccc2c1cc(C#N)n2Cc1cn[nH]c1. The molecule has 10 nitrogen and oxygen atoms in total. The number of hydrogen-bond acceptors (Lipinski definition) is 8. The Morgan fingerprint density at radius 1 is 1.24 bits per heavy atom. The van der Waals surface area contributed by atoms with Crippen LogP contribution in [0.3, 0.4) is 0 Å². The average Bonchev–Trinajstić information content (AvgIpc) is 3.70. The Labute approximate surface area is 236 Å². The van der Waals surface area contributed by atoms with Crippen LogP contribution in [-0.2, 0) is 23.0 Å². The third kappa shape index (κ3) is 5.25. The number of H-pyrrole nitrogens is 1. The Hall–Kier alpha value is -4.00. The lowest BCUT2D eigenvalue weighted by Gasteiger charge is -2.19. The number of benzene rings is 1. The summed E-state index contributed by atoms with van der Waals surface area (Å²) in [6.07, 6.45) is -0.159. The van der Waals surface area contributed by atoms with E-state index in [4.69, 9.17) is 0 Å². The van der Waals surface area contributed by atoms with Gasteiger partial charge in [0.05, 0.1) is 29.4 Å². The summed E-state index contributed by atoms with van der Waals surface area (Å²) in [6.45, 7) is 2.90. The highest BCUT2D eigenvalue weighted by Crippen LogP contribution is 2.35. The zero-order valence-electron chi connectivity index (χ0n) is 21.6. The standard InChI is InChI=1S/C26H23F3N8O2S2/c1-15-20-6-18(9-30)37(12-16-10-33-34-11-16)22(20)2-3-23(15)41(38,39)35-17-4-5-36(13-17)24-21-7-19(8-26(27,28)29)40-25(21)32-14-31-24/h2-3,6-7,10-11,14,17,35H,4-5,8,12-13H2,1H3,(H,33,34). The lowest BCUT2D eigenvalue weighted by Crippen LogP contribution is -2.37. The van der Waals surface area contributed by atoms with Crippen molar-refractivity contribution in [2.75, 3.05) is 18.0 Å². The Bertz CT molecular complexity index is 1910. The second-order valence-corrected chi connectivity index (χ2v) is 12.7. The summed E-state index contributed by atoms with van der Waals surface area (Å²) < 4.78 is 70.4. The Balaban J connectivity index is 1.23. The van der Waals surface area contributed by atoms with E-state index in [9.17, 15) is 26.9 Å². The highest BCUT2D eigenvalue weighted by atomic mass is 32.2. The molecule has 212 valence electrons. The molecule has 0 aliphatic carbocycles. The van der Waals surface area contributed by atoms with Crippen LogP contribution in [0.25, 0.3) is 21.1 Å². The molecule has 0 saturated carbocycles. The van der Waals surface area contributed by atoms with Gasteiger partial charge in [-0.3, -0.25) is 5.10 Å². The topological polar surface area (TPSA) is 133 Å². The van der Waals surface area contributed by atoms with Gasteiger partial charge >= 0.3 is 6.18 Å². The monoisotopic (exact) mass is 600 g/mol. The number of aromatic amines is 1. The number of fused-ring (bicyclic) bond motifs is 2. The van der Waals surface area contributed by atoms with Crippen molar-refractivity contribution in [3.8, 4) is 6.07 Å². The molecule has 1 aliphatic rings. The fourth-order valence-electron chi connectivity index (χ4n) is 5.32. The number of nitriles is 1. The quantitative estimate of drug-likeness (QED) is 0.285. The summed E-state index contributed by atoms with van der Waals surface area (Å²) in [5, 5.41) is 17.6. The summed E-state index contributed by atoms with van der Waals surface area (Å²) in [7, 11) is -3.93. The first-order valence-corrected chi connectivity index (χ1v) is 14.9. The molecular weight excluding hydrogens is 577 g/mol. The van der Waals surface area contributed by atoms with Crippen LogP contribution in [0.5, 0.6) is 0 Å². The average molecular weight is 601 g/mol. The summed E-state index contributed by atoms with van der Waals surface area (Å²) >= 11 is 0.977. The van der Waals surface area contributed by atoms with Crippen LogP contribution in [0.15, 0.2) is 47.9 Å². The molecule has 15 heteroatoms. The van der Waals surface area contributed by atoms with Crippen LogP contribution in [0.1, 0.15) is 28.1 Å². The molecule has 0 bridgehead atoms. The van der Waals surface area contributed by atoms with Crippen molar-refractivity contribution >= 4 is 48.3 Å². The number of alkyl halides is 3. The van der Waals surface area contributed by atoms with Crippen molar-refractivity contribution in [1.29, 1.82) is 5.26 Å². The molecule has 1 atom stereocenters. The molecule has 1 unspecified atom stereocenters. The molecule has 1 saturated heterocycles. The van der Waals surface area contributed by atoms with Crippen LogP contribution in [-0.4, -0.2) is 58.5 Å². The van der Waals surface area contributed by atoms with E-state index in [2.05, 4.69) is 31.0 Å². The second-order valence-electron chi connectivity index (χ2n) is 9.93. The van der Waals surface area contributed by atoms with Gasteiger partial charge in [-0.2, -0.15) is 23.5 Å². The van der Waals surface area contributed by atoms with Gasteiger partial charge in [-0.1, -0.05) is 0 Å². The molecule has 41 heavy (non-hydrogen) atoms. The number of hydrogen-bond donors (Lipinski definition) is 2. The van der Waals surface area contributed by atoms with Gasteiger partial charge in [0.15, 0.2) is 0 Å². The lowest BCUT2D eigenvalue weighted by molar-refractivity contribution is -0.126. The third-order valence-electron chi connectivity index (χ3n) is 7.15. The number of halogens is 3. The predicted molar refractivity (Wildman–Crippen MR) is 147 cm³/mol. The molecule has 1 aliphatic heterocycles. The summed E-state index contributed by atoms with van der Waals surface area (Å²) in [6, 6.07) is 8.15. The summed E-state index contributed by atoms with van der Waals surface area (Å²) in [5.74, 6) is 0.488. The first-order valence-electron chi connectivity index (χ1n) is 12.6. The van der Waals surface area contributed by atoms with E-state index in [0.717, 1.165) is 22.4 Å². The molecule has 1 fully saturated rings. The van der Waals surface area contributed by atoms with Gasteiger partial charge in [0.25, 0.3) is 0 Å². The smallest absolute Gasteiger partial charge is 0.354 e. The molecule has 4 aromatic heterocycles. The molecule has 6 rings (SSSR count). The van der Waals surface area contributed by atoms with Crippen molar-refractivity contribution in [1.82, 2.24) is 29.5 Å². The number of sulfonamides is 1. The number of aryl methyl sites for hydroxylation is 1. The number of rotatable bonds is 7. The first kappa shape index (κ1) is 27.2. The first-order chi connectivity index (χ1) is 19.5. The Morgan fingerprint density at radius 2 is 2.07 bits per heavy atom. The minimum absolute atomic E-state index is 0.118. The Kier molecular flexibility index (Phi) is 6.71. The fraction of sp³-hybridized carbons (Fsp3) is 0.308. The van der Waals surface area contributed by atoms with Gasteiger partial charge in [-0.15, -0.1) is 11.3 Å². The minimum Gasteiger partial charge on any atom is -0.354 e. The molecule has 1 aromatic carbocycles. The van der Waals surface area contributed by atoms with Gasteiger partial charge in [0, 0.05) is 46.7 Å². The van der Waals surface area contributed by atoms with E-state index in [1.807, 2.05) is 9.47 Å². The normalized spacial score (nSPS) is 16.2. The van der Waals surface area contributed by atoms with Gasteiger partial charge in [-0.05, 0) is 43.2 Å². The van der Waals surface area contributed by atoms with E-state index in [1.165, 1.54) is 12.4 Å². The number of thiophene rings is 1. The highest BCUT2D eigenvalue weighted by Gasteiger charge is 2.32. The van der Waals surface area contributed by atoms with Crippen molar-refractivity contribution in [2.24, 2.45) is 0 Å². The van der Waals surface area contributed by atoms with Gasteiger partial charge < -0.3 is 9.47 Å². The zero-order chi connectivity index (χ0) is 28.9.